The quantitative estimate of drug-likeness (QED) is 0.833. The molecule has 1 N–H and O–H groups in total. The summed E-state index contributed by atoms with van der Waals surface area (Å²) < 4.78 is 5.13. The first-order valence-corrected chi connectivity index (χ1v) is 6.87. The summed E-state index contributed by atoms with van der Waals surface area (Å²) in [4.78, 5) is 18.5. The average molecular weight is 265 g/mol. The summed E-state index contributed by atoms with van der Waals surface area (Å²) in [6, 6.07) is 0.347. The van der Waals surface area contributed by atoms with Gasteiger partial charge < -0.3 is 15.0 Å². The highest BCUT2D eigenvalue weighted by molar-refractivity contribution is 5.84. The van der Waals surface area contributed by atoms with Crippen molar-refractivity contribution in [3.05, 3.63) is 11.3 Å². The van der Waals surface area contributed by atoms with E-state index in [2.05, 4.69) is 29.1 Å². The molecule has 0 aromatic carbocycles. The first-order chi connectivity index (χ1) is 8.88. The van der Waals surface area contributed by atoms with Crippen molar-refractivity contribution in [3.63, 3.8) is 0 Å². The lowest BCUT2D eigenvalue weighted by Crippen LogP contribution is -2.39. The SMILES string of the molecule is CC1=N[C@@H](C)C(C)=C2C[C@@H](NC(=O)OC(C)C)CN12. The van der Waals surface area contributed by atoms with Gasteiger partial charge in [0.05, 0.1) is 18.2 Å². The van der Waals surface area contributed by atoms with Crippen molar-refractivity contribution >= 4 is 11.9 Å². The molecule has 0 radical (unpaired) electrons. The molecule has 0 saturated carbocycles. The molecule has 106 valence electrons. The van der Waals surface area contributed by atoms with E-state index in [0.29, 0.717) is 0 Å². The molecule has 5 heteroatoms. The normalized spacial score (nSPS) is 26.4. The molecule has 1 fully saturated rings. The van der Waals surface area contributed by atoms with E-state index in [9.17, 15) is 4.79 Å². The number of alkyl carbamates (subject to hydrolysis) is 1. The van der Waals surface area contributed by atoms with Gasteiger partial charge in [-0.05, 0) is 40.2 Å². The fourth-order valence-corrected chi connectivity index (χ4v) is 2.64. The van der Waals surface area contributed by atoms with Crippen LogP contribution < -0.4 is 5.32 Å². The molecule has 19 heavy (non-hydrogen) atoms. The predicted molar refractivity (Wildman–Crippen MR) is 75.1 cm³/mol. The molecule has 2 atom stereocenters. The third-order valence-corrected chi connectivity index (χ3v) is 3.69. The highest BCUT2D eigenvalue weighted by Gasteiger charge is 2.34. The van der Waals surface area contributed by atoms with Crippen molar-refractivity contribution in [3.8, 4) is 0 Å². The van der Waals surface area contributed by atoms with Crippen molar-refractivity contribution in [2.45, 2.75) is 59.2 Å². The summed E-state index contributed by atoms with van der Waals surface area (Å²) in [5.41, 5.74) is 2.60. The van der Waals surface area contributed by atoms with Crippen molar-refractivity contribution in [1.29, 1.82) is 0 Å². The number of hydrogen-bond donors (Lipinski definition) is 1. The average Bonchev–Trinajstić information content (AvgIpc) is 2.69. The van der Waals surface area contributed by atoms with Gasteiger partial charge in [0.1, 0.15) is 5.84 Å². The van der Waals surface area contributed by atoms with E-state index in [1.165, 1.54) is 11.3 Å². The molecule has 0 aromatic rings. The van der Waals surface area contributed by atoms with Gasteiger partial charge in [-0.15, -0.1) is 0 Å². The second-order valence-electron chi connectivity index (χ2n) is 5.59. The number of amides is 1. The van der Waals surface area contributed by atoms with Gasteiger partial charge >= 0.3 is 6.09 Å². The number of nitrogens with zero attached hydrogens (tertiary/aromatic N) is 2. The molecule has 0 aliphatic carbocycles. The van der Waals surface area contributed by atoms with Gasteiger partial charge in [-0.3, -0.25) is 4.99 Å². The van der Waals surface area contributed by atoms with Crippen LogP contribution in [0.25, 0.3) is 0 Å². The van der Waals surface area contributed by atoms with Gasteiger partial charge in [0.15, 0.2) is 0 Å². The minimum Gasteiger partial charge on any atom is -0.447 e. The maximum absolute atomic E-state index is 11.6. The second-order valence-corrected chi connectivity index (χ2v) is 5.59. The third-order valence-electron chi connectivity index (χ3n) is 3.69. The van der Waals surface area contributed by atoms with E-state index >= 15 is 0 Å². The maximum atomic E-state index is 11.6. The van der Waals surface area contributed by atoms with Crippen molar-refractivity contribution in [2.24, 2.45) is 4.99 Å². The summed E-state index contributed by atoms with van der Waals surface area (Å²) in [6.07, 6.45) is 0.435. The van der Waals surface area contributed by atoms with Crippen LogP contribution in [-0.4, -0.2) is 41.6 Å². The van der Waals surface area contributed by atoms with Crippen LogP contribution in [0.1, 0.15) is 41.0 Å². The minimum atomic E-state index is -0.333. The Labute approximate surface area is 114 Å². The Morgan fingerprint density at radius 1 is 1.47 bits per heavy atom. The largest absolute Gasteiger partial charge is 0.447 e. The molecule has 1 saturated heterocycles. The zero-order chi connectivity index (χ0) is 14.2. The van der Waals surface area contributed by atoms with E-state index in [-0.39, 0.29) is 24.3 Å². The molecule has 1 amide bonds. The van der Waals surface area contributed by atoms with Gasteiger partial charge in [-0.2, -0.15) is 0 Å². The van der Waals surface area contributed by atoms with Crippen LogP contribution in [0.4, 0.5) is 4.79 Å². The maximum Gasteiger partial charge on any atom is 0.407 e. The Balaban J connectivity index is 2.03. The lowest BCUT2D eigenvalue weighted by Gasteiger charge is -2.28. The topological polar surface area (TPSA) is 53.9 Å². The summed E-state index contributed by atoms with van der Waals surface area (Å²) in [7, 11) is 0. The van der Waals surface area contributed by atoms with Crippen LogP contribution in [0.5, 0.6) is 0 Å². The monoisotopic (exact) mass is 265 g/mol. The lowest BCUT2D eigenvalue weighted by molar-refractivity contribution is 0.112. The van der Waals surface area contributed by atoms with Gasteiger partial charge in [-0.1, -0.05) is 0 Å². The van der Waals surface area contributed by atoms with Crippen molar-refractivity contribution in [1.82, 2.24) is 10.2 Å². The number of fused-ring (bicyclic) bond motifs is 1. The lowest BCUT2D eigenvalue weighted by atomic mass is 10.0. The third kappa shape index (κ3) is 2.91. The molecule has 0 bridgehead atoms. The molecule has 0 unspecified atom stereocenters. The van der Waals surface area contributed by atoms with Crippen molar-refractivity contribution in [2.75, 3.05) is 6.54 Å². The molecule has 2 heterocycles. The molecular formula is C14H23N3O2. The Morgan fingerprint density at radius 2 is 2.16 bits per heavy atom. The molecule has 2 rings (SSSR count). The van der Waals surface area contributed by atoms with Crippen molar-refractivity contribution < 1.29 is 9.53 Å². The Morgan fingerprint density at radius 3 is 2.79 bits per heavy atom. The fraction of sp³-hybridized carbons (Fsp3) is 0.714. The number of carbonyl (C=O) groups excluding carboxylic acids is 1. The fourth-order valence-electron chi connectivity index (χ4n) is 2.64. The number of amidine groups is 1. The van der Waals surface area contributed by atoms with Crippen LogP contribution in [0.2, 0.25) is 0 Å². The number of ether oxygens (including phenoxy) is 1. The smallest absolute Gasteiger partial charge is 0.407 e. The number of aliphatic imine (C=N–C) groups is 1. The number of hydrogen-bond acceptors (Lipinski definition) is 4. The summed E-state index contributed by atoms with van der Waals surface area (Å²) in [5.74, 6) is 1.04. The van der Waals surface area contributed by atoms with Crippen LogP contribution in [-0.2, 0) is 4.74 Å². The number of nitrogens with one attached hydrogen (secondary N) is 1. The zero-order valence-corrected chi connectivity index (χ0v) is 12.4. The Kier molecular flexibility index (Phi) is 3.83. The number of carbonyl (C=O) groups is 1. The van der Waals surface area contributed by atoms with E-state index in [1.54, 1.807) is 0 Å². The van der Waals surface area contributed by atoms with Gasteiger partial charge in [-0.25, -0.2) is 4.79 Å². The summed E-state index contributed by atoms with van der Waals surface area (Å²) in [5, 5.41) is 2.93. The van der Waals surface area contributed by atoms with E-state index < -0.39 is 0 Å². The van der Waals surface area contributed by atoms with E-state index in [0.717, 1.165) is 18.8 Å². The van der Waals surface area contributed by atoms with E-state index in [4.69, 9.17) is 4.74 Å². The summed E-state index contributed by atoms with van der Waals surface area (Å²) >= 11 is 0. The second kappa shape index (κ2) is 5.23. The molecular weight excluding hydrogens is 242 g/mol. The highest BCUT2D eigenvalue weighted by Crippen LogP contribution is 2.31. The Bertz CT molecular complexity index is 440. The minimum absolute atomic E-state index is 0.0896. The first-order valence-electron chi connectivity index (χ1n) is 6.87. The molecule has 0 spiro atoms. The first kappa shape index (κ1) is 13.9. The molecule has 5 nitrogen and oxygen atoms in total. The predicted octanol–water partition coefficient (Wildman–Crippen LogP) is 2.29. The van der Waals surface area contributed by atoms with Crippen LogP contribution in [0.15, 0.2) is 16.3 Å². The molecule has 2 aliphatic heterocycles. The van der Waals surface area contributed by atoms with Crippen LogP contribution in [0, 0.1) is 0 Å². The van der Waals surface area contributed by atoms with Gasteiger partial charge in [0.2, 0.25) is 0 Å². The van der Waals surface area contributed by atoms with E-state index in [1.807, 2.05) is 20.8 Å². The standard InChI is InChI=1S/C14H23N3O2/c1-8(2)19-14(18)16-12-6-13-9(3)10(4)15-11(5)17(13)7-12/h8,10,12H,6-7H2,1-5H3,(H,16,18)/t10-,12+/m0/s1. The van der Waals surface area contributed by atoms with Gasteiger partial charge in [0.25, 0.3) is 0 Å². The molecule has 0 aromatic heterocycles. The van der Waals surface area contributed by atoms with Gasteiger partial charge in [0, 0.05) is 18.7 Å². The number of rotatable bonds is 2. The zero-order valence-electron chi connectivity index (χ0n) is 12.4. The van der Waals surface area contributed by atoms with Crippen LogP contribution in [0.3, 0.4) is 0 Å². The summed E-state index contributed by atoms with van der Waals surface area (Å²) in [6.45, 7) is 10.7. The Hall–Kier alpha value is -1.52. The van der Waals surface area contributed by atoms with Crippen LogP contribution >= 0.6 is 0 Å². The highest BCUT2D eigenvalue weighted by atomic mass is 16.6. The molecule has 2 aliphatic rings.